The van der Waals surface area contributed by atoms with Crippen molar-refractivity contribution in [1.82, 2.24) is 5.32 Å². The molecule has 20 heavy (non-hydrogen) atoms. The Labute approximate surface area is 121 Å². The number of hydrogen-bond donors (Lipinski definition) is 2. The number of rotatable bonds is 3. The highest BCUT2D eigenvalue weighted by molar-refractivity contribution is 6.31. The molecule has 0 aromatic heterocycles. The fourth-order valence-electron chi connectivity index (χ4n) is 2.36. The number of amides is 2. The molecule has 0 radical (unpaired) electrons. The summed E-state index contributed by atoms with van der Waals surface area (Å²) < 4.78 is 0. The highest BCUT2D eigenvalue weighted by Gasteiger charge is 2.19. The zero-order chi connectivity index (χ0) is 14.5. The lowest BCUT2D eigenvalue weighted by atomic mass is 9.96. The summed E-state index contributed by atoms with van der Waals surface area (Å²) in [7, 11) is 0. The van der Waals surface area contributed by atoms with Crippen molar-refractivity contribution in [2.24, 2.45) is 0 Å². The van der Waals surface area contributed by atoms with Gasteiger partial charge in [0.15, 0.2) is 0 Å². The summed E-state index contributed by atoms with van der Waals surface area (Å²) in [5.41, 5.74) is -0.0657. The fraction of sp³-hybridized carbons (Fsp3) is 0.462. The monoisotopic (exact) mass is 297 g/mol. The fourth-order valence-corrected chi connectivity index (χ4v) is 2.53. The van der Waals surface area contributed by atoms with Crippen molar-refractivity contribution < 1.29 is 9.72 Å². The van der Waals surface area contributed by atoms with Gasteiger partial charge in [-0.3, -0.25) is 10.1 Å². The van der Waals surface area contributed by atoms with Crippen LogP contribution in [0, 0.1) is 10.1 Å². The van der Waals surface area contributed by atoms with Crippen LogP contribution in [-0.2, 0) is 0 Å². The van der Waals surface area contributed by atoms with E-state index in [2.05, 4.69) is 10.6 Å². The number of anilines is 1. The maximum absolute atomic E-state index is 11.9. The predicted molar refractivity (Wildman–Crippen MR) is 77.1 cm³/mol. The van der Waals surface area contributed by atoms with E-state index < -0.39 is 11.0 Å². The predicted octanol–water partition coefficient (Wildman–Crippen LogP) is 3.70. The molecule has 0 atom stereocenters. The van der Waals surface area contributed by atoms with E-state index >= 15 is 0 Å². The van der Waals surface area contributed by atoms with E-state index in [0.717, 1.165) is 25.7 Å². The number of benzene rings is 1. The van der Waals surface area contributed by atoms with Crippen molar-refractivity contribution in [3.05, 3.63) is 33.3 Å². The summed E-state index contributed by atoms with van der Waals surface area (Å²) in [4.78, 5) is 22.2. The van der Waals surface area contributed by atoms with E-state index in [-0.39, 0.29) is 17.4 Å². The molecule has 1 fully saturated rings. The number of nitrogens with one attached hydrogen (secondary N) is 2. The van der Waals surface area contributed by atoms with Crippen LogP contribution in [0.25, 0.3) is 0 Å². The van der Waals surface area contributed by atoms with Crippen LogP contribution in [0.2, 0.25) is 5.02 Å². The van der Waals surface area contributed by atoms with Gasteiger partial charge >= 0.3 is 6.03 Å². The van der Waals surface area contributed by atoms with Gasteiger partial charge < -0.3 is 10.6 Å². The molecule has 2 N–H and O–H groups in total. The van der Waals surface area contributed by atoms with Gasteiger partial charge in [-0.2, -0.15) is 0 Å². The Morgan fingerprint density at radius 2 is 2.00 bits per heavy atom. The first-order chi connectivity index (χ1) is 9.56. The number of urea groups is 1. The van der Waals surface area contributed by atoms with Crippen LogP contribution in [0.1, 0.15) is 32.1 Å². The summed E-state index contributed by atoms with van der Waals surface area (Å²) in [5.74, 6) is 0. The Bertz CT molecular complexity index is 516. The second-order valence-electron chi connectivity index (χ2n) is 4.85. The molecule has 0 aliphatic heterocycles. The minimum Gasteiger partial charge on any atom is -0.335 e. The Balaban J connectivity index is 2.03. The van der Waals surface area contributed by atoms with E-state index in [4.69, 9.17) is 11.6 Å². The van der Waals surface area contributed by atoms with Crippen LogP contribution in [0.3, 0.4) is 0 Å². The third-order valence-corrected chi connectivity index (χ3v) is 3.58. The minimum atomic E-state index is -0.549. The highest BCUT2D eigenvalue weighted by atomic mass is 35.5. The van der Waals surface area contributed by atoms with Gasteiger partial charge in [0.25, 0.3) is 5.69 Å². The van der Waals surface area contributed by atoms with Crippen LogP contribution in [0.4, 0.5) is 16.2 Å². The molecular weight excluding hydrogens is 282 g/mol. The largest absolute Gasteiger partial charge is 0.335 e. The Morgan fingerprint density at radius 1 is 1.30 bits per heavy atom. The molecule has 2 rings (SSSR count). The third-order valence-electron chi connectivity index (χ3n) is 3.34. The minimum absolute atomic E-state index is 0.107. The lowest BCUT2D eigenvalue weighted by molar-refractivity contribution is -0.383. The molecule has 0 unspecified atom stereocenters. The molecule has 7 heteroatoms. The van der Waals surface area contributed by atoms with Gasteiger partial charge in [0, 0.05) is 17.1 Å². The van der Waals surface area contributed by atoms with Gasteiger partial charge in [-0.05, 0) is 25.0 Å². The lowest BCUT2D eigenvalue weighted by Crippen LogP contribution is -2.39. The van der Waals surface area contributed by atoms with Crippen molar-refractivity contribution in [3.63, 3.8) is 0 Å². The van der Waals surface area contributed by atoms with Crippen molar-refractivity contribution in [2.45, 2.75) is 38.1 Å². The molecule has 0 heterocycles. The maximum atomic E-state index is 11.9. The first-order valence-electron chi connectivity index (χ1n) is 6.58. The maximum Gasteiger partial charge on any atom is 0.319 e. The van der Waals surface area contributed by atoms with Crippen molar-refractivity contribution >= 4 is 29.0 Å². The van der Waals surface area contributed by atoms with E-state index in [1.165, 1.54) is 24.6 Å². The van der Waals surface area contributed by atoms with Gasteiger partial charge in [-0.15, -0.1) is 0 Å². The van der Waals surface area contributed by atoms with Crippen LogP contribution in [0.5, 0.6) is 0 Å². The quantitative estimate of drug-likeness (QED) is 0.659. The topological polar surface area (TPSA) is 84.3 Å². The molecule has 1 saturated carbocycles. The SMILES string of the molecule is O=C(Nc1cc(Cl)ccc1[N+](=O)[O-])NC1CCCCC1. The summed E-state index contributed by atoms with van der Waals surface area (Å²) in [5, 5.41) is 16.6. The molecule has 0 spiro atoms. The molecule has 1 aromatic rings. The van der Waals surface area contributed by atoms with Crippen LogP contribution in [-0.4, -0.2) is 17.0 Å². The molecule has 1 aliphatic carbocycles. The second-order valence-corrected chi connectivity index (χ2v) is 5.29. The van der Waals surface area contributed by atoms with Crippen LogP contribution in [0.15, 0.2) is 18.2 Å². The van der Waals surface area contributed by atoms with E-state index in [1.807, 2.05) is 0 Å². The highest BCUT2D eigenvalue weighted by Crippen LogP contribution is 2.27. The van der Waals surface area contributed by atoms with Gasteiger partial charge in [-0.25, -0.2) is 4.79 Å². The van der Waals surface area contributed by atoms with Gasteiger partial charge in [-0.1, -0.05) is 30.9 Å². The second kappa shape index (κ2) is 6.56. The van der Waals surface area contributed by atoms with Gasteiger partial charge in [0.05, 0.1) is 4.92 Å². The molecular formula is C13H16ClN3O3. The number of nitro groups is 1. The van der Waals surface area contributed by atoms with Crippen molar-refractivity contribution in [1.29, 1.82) is 0 Å². The summed E-state index contributed by atoms with van der Waals surface area (Å²) >= 11 is 5.80. The van der Waals surface area contributed by atoms with Crippen molar-refractivity contribution in [3.8, 4) is 0 Å². The Kier molecular flexibility index (Phi) is 4.79. The molecule has 6 nitrogen and oxygen atoms in total. The Hall–Kier alpha value is -1.82. The van der Waals surface area contributed by atoms with E-state index in [0.29, 0.717) is 5.02 Å². The number of carbonyl (C=O) groups is 1. The average Bonchev–Trinajstić information content (AvgIpc) is 2.39. The lowest BCUT2D eigenvalue weighted by Gasteiger charge is -2.22. The van der Waals surface area contributed by atoms with E-state index in [9.17, 15) is 14.9 Å². The smallest absolute Gasteiger partial charge is 0.319 e. The Morgan fingerprint density at radius 3 is 2.65 bits per heavy atom. The van der Waals surface area contributed by atoms with E-state index in [1.54, 1.807) is 0 Å². The summed E-state index contributed by atoms with van der Waals surface area (Å²) in [6.45, 7) is 0. The molecule has 108 valence electrons. The molecule has 0 bridgehead atoms. The van der Waals surface area contributed by atoms with Gasteiger partial charge in [0.1, 0.15) is 5.69 Å². The summed E-state index contributed by atoms with van der Waals surface area (Å²) in [6.07, 6.45) is 5.29. The molecule has 0 saturated heterocycles. The zero-order valence-electron chi connectivity index (χ0n) is 10.9. The number of hydrogen-bond acceptors (Lipinski definition) is 3. The van der Waals surface area contributed by atoms with Crippen LogP contribution < -0.4 is 10.6 Å². The van der Waals surface area contributed by atoms with Gasteiger partial charge in [0.2, 0.25) is 0 Å². The van der Waals surface area contributed by atoms with Crippen molar-refractivity contribution in [2.75, 3.05) is 5.32 Å². The normalized spacial score (nSPS) is 15.7. The first kappa shape index (κ1) is 14.6. The molecule has 2 amide bonds. The number of halogens is 1. The first-order valence-corrected chi connectivity index (χ1v) is 6.95. The number of carbonyl (C=O) groups excluding carboxylic acids is 1. The standard InChI is InChI=1S/C13H16ClN3O3/c14-9-6-7-12(17(19)20)11(8-9)16-13(18)15-10-4-2-1-3-5-10/h6-8,10H,1-5H2,(H2,15,16,18). The third kappa shape index (κ3) is 3.84. The zero-order valence-corrected chi connectivity index (χ0v) is 11.7. The summed E-state index contributed by atoms with van der Waals surface area (Å²) in [6, 6.07) is 3.78. The molecule has 1 aromatic carbocycles. The molecule has 1 aliphatic rings. The average molecular weight is 298 g/mol. The number of nitro benzene ring substituents is 1. The van der Waals surface area contributed by atoms with Crippen LogP contribution >= 0.6 is 11.6 Å². The number of nitrogens with zero attached hydrogens (tertiary/aromatic N) is 1.